The third-order valence-corrected chi connectivity index (χ3v) is 8.08. The summed E-state index contributed by atoms with van der Waals surface area (Å²) in [4.78, 5) is 14.5. The molecule has 0 unspecified atom stereocenters. The smallest absolute Gasteiger partial charge is 0.246 e. The highest BCUT2D eigenvalue weighted by Crippen LogP contribution is 2.31. The van der Waals surface area contributed by atoms with E-state index in [-0.39, 0.29) is 23.9 Å². The molecule has 11 heteroatoms. The Morgan fingerprint density at radius 3 is 2.61 bits per heavy atom. The Balaban J connectivity index is 1.23. The van der Waals surface area contributed by atoms with Gasteiger partial charge < -0.3 is 14.4 Å². The highest BCUT2D eigenvalue weighted by molar-refractivity contribution is 7.89. The van der Waals surface area contributed by atoms with Crippen molar-refractivity contribution in [1.29, 1.82) is 0 Å². The van der Waals surface area contributed by atoms with Crippen LogP contribution in [0.3, 0.4) is 0 Å². The number of hydrogen-bond acceptors (Lipinski definition) is 8. The van der Waals surface area contributed by atoms with Crippen LogP contribution in [0.15, 0.2) is 47.4 Å². The van der Waals surface area contributed by atoms with Gasteiger partial charge in [-0.25, -0.2) is 8.42 Å². The summed E-state index contributed by atoms with van der Waals surface area (Å²) in [5.41, 5.74) is 1.78. The lowest BCUT2D eigenvalue weighted by molar-refractivity contribution is -0.127. The number of rotatable bonds is 4. The summed E-state index contributed by atoms with van der Waals surface area (Å²) < 4.78 is 47.3. The van der Waals surface area contributed by atoms with E-state index in [1.807, 2.05) is 18.2 Å². The van der Waals surface area contributed by atoms with E-state index in [0.29, 0.717) is 48.8 Å². The lowest BCUT2D eigenvalue weighted by atomic mass is 10.2. The van der Waals surface area contributed by atoms with Crippen LogP contribution in [0.5, 0.6) is 11.5 Å². The quantitative estimate of drug-likeness (QED) is 0.522. The molecule has 1 saturated heterocycles. The Morgan fingerprint density at radius 2 is 1.79 bits per heavy atom. The number of ether oxygens (including phenoxy) is 2. The number of fused-ring (bicyclic) bond motifs is 2. The number of nitrogens with zero attached hydrogens (tertiary/aromatic N) is 4. The molecule has 0 radical (unpaired) electrons. The molecule has 1 amide bonds. The second-order valence-electron chi connectivity index (χ2n) is 7.71. The van der Waals surface area contributed by atoms with Crippen molar-refractivity contribution in [1.82, 2.24) is 18.0 Å². The van der Waals surface area contributed by atoms with Crippen LogP contribution < -0.4 is 9.47 Å². The van der Waals surface area contributed by atoms with Gasteiger partial charge in [0.2, 0.25) is 15.9 Å². The molecule has 1 aromatic heterocycles. The van der Waals surface area contributed by atoms with Crippen LogP contribution in [0.4, 0.5) is 0 Å². The first-order valence-corrected chi connectivity index (χ1v) is 12.8. The van der Waals surface area contributed by atoms with Gasteiger partial charge in [-0.15, -0.1) is 0 Å². The zero-order valence-corrected chi connectivity index (χ0v) is 19.3. The number of carbonyl (C=O) groups excluding carboxylic acids is 1. The fraction of sp³-hybridized carbons (Fsp3) is 0.318. The summed E-state index contributed by atoms with van der Waals surface area (Å²) in [5.74, 6) is 1.22. The van der Waals surface area contributed by atoms with E-state index in [9.17, 15) is 13.2 Å². The van der Waals surface area contributed by atoms with Crippen LogP contribution in [-0.2, 0) is 14.8 Å². The SMILES string of the molecule is O=C(C=Cc1ccc2c(c1)OCCCO2)N1CCN(S(=O)(=O)c2cccc3nsnc23)CC1. The molecule has 0 atom stereocenters. The van der Waals surface area contributed by atoms with Crippen molar-refractivity contribution in [3.8, 4) is 11.5 Å². The third-order valence-electron chi connectivity index (χ3n) is 5.61. The second kappa shape index (κ2) is 9.08. The standard InChI is InChI=1S/C22H22N4O5S2/c27-21(8-6-16-5-7-18-19(15-16)31-14-2-13-30-18)25-9-11-26(12-10-25)33(28,29)20-4-1-3-17-22(20)24-32-23-17/h1,3-8,15H,2,9-14H2. The molecule has 1 fully saturated rings. The summed E-state index contributed by atoms with van der Waals surface area (Å²) in [6.45, 7) is 2.29. The minimum Gasteiger partial charge on any atom is -0.490 e. The number of benzene rings is 2. The Hall–Kier alpha value is -3.02. The van der Waals surface area contributed by atoms with E-state index >= 15 is 0 Å². The summed E-state index contributed by atoms with van der Waals surface area (Å²) in [6, 6.07) is 10.5. The first-order chi connectivity index (χ1) is 16.0. The van der Waals surface area contributed by atoms with Crippen LogP contribution in [0.25, 0.3) is 17.1 Å². The maximum absolute atomic E-state index is 13.2. The van der Waals surface area contributed by atoms with E-state index in [2.05, 4.69) is 8.75 Å². The van der Waals surface area contributed by atoms with Crippen LogP contribution in [0.1, 0.15) is 12.0 Å². The fourth-order valence-electron chi connectivity index (χ4n) is 3.83. The largest absolute Gasteiger partial charge is 0.490 e. The molecular formula is C22H22N4O5S2. The number of sulfonamides is 1. The number of amides is 1. The van der Waals surface area contributed by atoms with Gasteiger partial charge in [0, 0.05) is 38.7 Å². The first kappa shape index (κ1) is 21.8. The minimum atomic E-state index is -3.72. The minimum absolute atomic E-state index is 0.155. The molecular weight excluding hydrogens is 464 g/mol. The molecule has 3 heterocycles. The molecule has 0 bridgehead atoms. The molecule has 0 N–H and O–H groups in total. The van der Waals surface area contributed by atoms with Crippen molar-refractivity contribution in [2.24, 2.45) is 0 Å². The Morgan fingerprint density at radius 1 is 1.00 bits per heavy atom. The fourth-order valence-corrected chi connectivity index (χ4v) is 6.01. The van der Waals surface area contributed by atoms with Crippen molar-refractivity contribution < 1.29 is 22.7 Å². The molecule has 0 aliphatic carbocycles. The van der Waals surface area contributed by atoms with E-state index in [0.717, 1.165) is 23.7 Å². The highest BCUT2D eigenvalue weighted by atomic mass is 32.2. The first-order valence-electron chi connectivity index (χ1n) is 10.6. The van der Waals surface area contributed by atoms with Crippen LogP contribution in [0.2, 0.25) is 0 Å². The van der Waals surface area contributed by atoms with Crippen molar-refractivity contribution in [2.45, 2.75) is 11.3 Å². The lowest BCUT2D eigenvalue weighted by Gasteiger charge is -2.33. The summed E-state index contributed by atoms with van der Waals surface area (Å²) in [7, 11) is -3.72. The molecule has 5 rings (SSSR count). The maximum Gasteiger partial charge on any atom is 0.246 e. The van der Waals surface area contributed by atoms with Crippen LogP contribution in [-0.4, -0.2) is 71.7 Å². The van der Waals surface area contributed by atoms with E-state index in [4.69, 9.17) is 9.47 Å². The van der Waals surface area contributed by atoms with Gasteiger partial charge in [0.25, 0.3) is 0 Å². The molecule has 33 heavy (non-hydrogen) atoms. The van der Waals surface area contributed by atoms with Gasteiger partial charge in [-0.05, 0) is 35.9 Å². The van der Waals surface area contributed by atoms with E-state index in [1.54, 1.807) is 29.2 Å². The second-order valence-corrected chi connectivity index (χ2v) is 10.1. The summed E-state index contributed by atoms with van der Waals surface area (Å²) >= 11 is 0.988. The highest BCUT2D eigenvalue weighted by Gasteiger charge is 2.31. The number of carbonyl (C=O) groups is 1. The van der Waals surface area contributed by atoms with Crippen molar-refractivity contribution in [2.75, 3.05) is 39.4 Å². The van der Waals surface area contributed by atoms with E-state index < -0.39 is 10.0 Å². The Bertz CT molecular complexity index is 1310. The summed E-state index contributed by atoms with van der Waals surface area (Å²) in [6.07, 6.45) is 4.07. The molecule has 0 saturated carbocycles. The molecule has 3 aromatic rings. The predicted octanol–water partition coefficient (Wildman–Crippen LogP) is 2.40. The molecule has 2 aliphatic heterocycles. The Kier molecular flexibility index (Phi) is 6.00. The number of aromatic nitrogens is 2. The average molecular weight is 487 g/mol. The van der Waals surface area contributed by atoms with Gasteiger partial charge in [-0.1, -0.05) is 12.1 Å². The van der Waals surface area contributed by atoms with Crippen LogP contribution in [0, 0.1) is 0 Å². The molecule has 2 aliphatic rings. The van der Waals surface area contributed by atoms with Gasteiger partial charge in [-0.2, -0.15) is 13.1 Å². The van der Waals surface area contributed by atoms with Gasteiger partial charge in [0.05, 0.1) is 24.9 Å². The predicted molar refractivity (Wildman–Crippen MR) is 124 cm³/mol. The molecule has 9 nitrogen and oxygen atoms in total. The van der Waals surface area contributed by atoms with Crippen molar-refractivity contribution >= 4 is 44.8 Å². The van der Waals surface area contributed by atoms with Crippen LogP contribution >= 0.6 is 11.7 Å². The topological polar surface area (TPSA) is 102 Å². The zero-order valence-electron chi connectivity index (χ0n) is 17.7. The zero-order chi connectivity index (χ0) is 22.8. The average Bonchev–Trinajstić information content (AvgIpc) is 3.20. The lowest BCUT2D eigenvalue weighted by Crippen LogP contribution is -2.50. The molecule has 2 aromatic carbocycles. The molecule has 172 valence electrons. The van der Waals surface area contributed by atoms with Crippen molar-refractivity contribution in [3.63, 3.8) is 0 Å². The van der Waals surface area contributed by atoms with Gasteiger partial charge >= 0.3 is 0 Å². The van der Waals surface area contributed by atoms with Gasteiger partial charge in [0.1, 0.15) is 15.9 Å². The normalized spacial score (nSPS) is 17.4. The van der Waals surface area contributed by atoms with Gasteiger partial charge in [0.15, 0.2) is 11.5 Å². The molecule has 0 spiro atoms. The van der Waals surface area contributed by atoms with E-state index in [1.165, 1.54) is 10.4 Å². The monoisotopic (exact) mass is 486 g/mol. The number of hydrogen-bond donors (Lipinski definition) is 0. The number of piperazine rings is 1. The maximum atomic E-state index is 13.2. The van der Waals surface area contributed by atoms with Crippen molar-refractivity contribution in [3.05, 3.63) is 48.0 Å². The van der Waals surface area contributed by atoms with Gasteiger partial charge in [-0.3, -0.25) is 4.79 Å². The Labute approximate surface area is 195 Å². The third kappa shape index (κ3) is 4.43. The summed E-state index contributed by atoms with van der Waals surface area (Å²) in [5, 5.41) is 0.